The van der Waals surface area contributed by atoms with E-state index in [0.29, 0.717) is 11.4 Å². The van der Waals surface area contributed by atoms with E-state index in [1.807, 2.05) is 72.8 Å². The Hall–Kier alpha value is -3.25. The van der Waals surface area contributed by atoms with Crippen LogP contribution < -0.4 is 0 Å². The van der Waals surface area contributed by atoms with Gasteiger partial charge in [0.1, 0.15) is 5.92 Å². The number of hydrogen-bond acceptors (Lipinski definition) is 3. The van der Waals surface area contributed by atoms with Gasteiger partial charge in [-0.15, -0.1) is 0 Å². The average Bonchev–Trinajstić information content (AvgIpc) is 2.63. The van der Waals surface area contributed by atoms with Gasteiger partial charge in [0, 0.05) is 12.4 Å². The molecule has 0 saturated carbocycles. The van der Waals surface area contributed by atoms with Crippen LogP contribution in [0.1, 0.15) is 22.7 Å². The van der Waals surface area contributed by atoms with Crippen LogP contribution in [0.5, 0.6) is 0 Å². The fourth-order valence-corrected chi connectivity index (χ4v) is 2.36. The molecule has 3 rings (SSSR count). The summed E-state index contributed by atoms with van der Waals surface area (Å²) >= 11 is 0. The molecule has 1 atom stereocenters. The first-order chi connectivity index (χ1) is 11.4. The molecule has 3 aromatic rings. The van der Waals surface area contributed by atoms with E-state index in [0.717, 1.165) is 11.1 Å². The van der Waals surface area contributed by atoms with Crippen LogP contribution >= 0.6 is 0 Å². The number of aromatic nitrogens is 1. The van der Waals surface area contributed by atoms with E-state index in [-0.39, 0.29) is 0 Å². The highest BCUT2D eigenvalue weighted by Crippen LogP contribution is 2.29. The third-order valence-electron chi connectivity index (χ3n) is 3.50. The van der Waals surface area contributed by atoms with Crippen molar-refractivity contribution >= 4 is 11.9 Å². The van der Waals surface area contributed by atoms with E-state index in [4.69, 9.17) is 0 Å². The zero-order chi connectivity index (χ0) is 15.9. The van der Waals surface area contributed by atoms with E-state index in [9.17, 15) is 5.26 Å². The van der Waals surface area contributed by atoms with Crippen molar-refractivity contribution in [3.8, 4) is 6.07 Å². The third kappa shape index (κ3) is 3.50. The summed E-state index contributed by atoms with van der Waals surface area (Å²) in [5.74, 6) is -0.430. The Balaban J connectivity index is 1.98. The highest BCUT2D eigenvalue weighted by atomic mass is 14.8. The predicted octanol–water partition coefficient (Wildman–Crippen LogP) is 4.49. The first-order valence-electron chi connectivity index (χ1n) is 7.37. The lowest BCUT2D eigenvalue weighted by Crippen LogP contribution is -2.01. The van der Waals surface area contributed by atoms with Gasteiger partial charge in [-0.25, -0.2) is 0 Å². The minimum Gasteiger partial charge on any atom is -0.257 e. The summed E-state index contributed by atoms with van der Waals surface area (Å²) in [5, 5.41) is 9.60. The van der Waals surface area contributed by atoms with Gasteiger partial charge in [0.15, 0.2) is 0 Å². The Kier molecular flexibility index (Phi) is 4.56. The molecule has 0 N–H and O–H groups in total. The molecule has 0 bridgehead atoms. The molecule has 0 saturated heterocycles. The molecule has 3 heteroatoms. The zero-order valence-electron chi connectivity index (χ0n) is 12.5. The van der Waals surface area contributed by atoms with Crippen LogP contribution in [0.3, 0.4) is 0 Å². The van der Waals surface area contributed by atoms with E-state index in [2.05, 4.69) is 16.0 Å². The topological polar surface area (TPSA) is 49.0 Å². The predicted molar refractivity (Wildman–Crippen MR) is 91.8 cm³/mol. The van der Waals surface area contributed by atoms with Crippen LogP contribution in [-0.2, 0) is 0 Å². The molecule has 0 fully saturated rings. The molecule has 1 heterocycles. The second kappa shape index (κ2) is 7.15. The molecule has 2 aromatic carbocycles. The van der Waals surface area contributed by atoms with Crippen molar-refractivity contribution in [2.45, 2.75) is 5.92 Å². The number of nitriles is 1. The summed E-state index contributed by atoms with van der Waals surface area (Å²) in [6.07, 6.45) is 3.49. The Morgan fingerprint density at radius 3 is 2.30 bits per heavy atom. The number of hydrogen-bond donors (Lipinski definition) is 0. The minimum absolute atomic E-state index is 0.430. The molecule has 0 amide bonds. The molecule has 0 aliphatic carbocycles. The number of benzene rings is 2. The van der Waals surface area contributed by atoms with Crippen molar-refractivity contribution in [3.05, 3.63) is 95.8 Å². The Morgan fingerprint density at radius 1 is 0.913 bits per heavy atom. The number of nitrogens with zero attached hydrogens (tertiary/aromatic N) is 3. The smallest absolute Gasteiger partial charge is 0.116 e. The highest BCUT2D eigenvalue weighted by molar-refractivity contribution is 5.82. The molecule has 23 heavy (non-hydrogen) atoms. The molecule has 0 aliphatic heterocycles. The maximum Gasteiger partial charge on any atom is 0.116 e. The van der Waals surface area contributed by atoms with Crippen molar-refractivity contribution in [1.29, 1.82) is 5.26 Å². The lowest BCUT2D eigenvalue weighted by atomic mass is 9.96. The molecule has 0 spiro atoms. The lowest BCUT2D eigenvalue weighted by Gasteiger charge is -2.11. The van der Waals surface area contributed by atoms with Gasteiger partial charge in [-0.3, -0.25) is 9.98 Å². The number of aliphatic imine (C=N–C) groups is 1. The third-order valence-corrected chi connectivity index (χ3v) is 3.50. The molecule has 0 aliphatic rings. The van der Waals surface area contributed by atoms with Crippen LogP contribution in [0.4, 0.5) is 5.69 Å². The summed E-state index contributed by atoms with van der Waals surface area (Å²) in [6.45, 7) is 0. The molecule has 110 valence electrons. The molecule has 0 radical (unpaired) electrons. The van der Waals surface area contributed by atoms with Crippen molar-refractivity contribution < 1.29 is 0 Å². The largest absolute Gasteiger partial charge is 0.257 e. The SMILES string of the molecule is N#CC(c1ccccc1)c1ncccc1N=Cc1ccccc1. The Labute approximate surface area is 135 Å². The number of rotatable bonds is 4. The van der Waals surface area contributed by atoms with Crippen molar-refractivity contribution in [2.24, 2.45) is 4.99 Å². The first kappa shape index (κ1) is 14.7. The van der Waals surface area contributed by atoms with E-state index < -0.39 is 5.92 Å². The fourth-order valence-electron chi connectivity index (χ4n) is 2.36. The summed E-state index contributed by atoms with van der Waals surface area (Å²) in [6, 6.07) is 25.6. The Morgan fingerprint density at radius 2 is 1.61 bits per heavy atom. The van der Waals surface area contributed by atoms with Gasteiger partial charge in [0.2, 0.25) is 0 Å². The van der Waals surface area contributed by atoms with Gasteiger partial charge in [-0.05, 0) is 23.3 Å². The van der Waals surface area contributed by atoms with Crippen LogP contribution in [0, 0.1) is 11.3 Å². The minimum atomic E-state index is -0.430. The first-order valence-corrected chi connectivity index (χ1v) is 7.37. The van der Waals surface area contributed by atoms with E-state index >= 15 is 0 Å². The maximum absolute atomic E-state index is 9.60. The normalized spacial score (nSPS) is 12.0. The van der Waals surface area contributed by atoms with Crippen molar-refractivity contribution in [1.82, 2.24) is 4.98 Å². The van der Waals surface area contributed by atoms with Crippen molar-refractivity contribution in [2.75, 3.05) is 0 Å². The van der Waals surface area contributed by atoms with Gasteiger partial charge >= 0.3 is 0 Å². The van der Waals surface area contributed by atoms with Crippen LogP contribution in [-0.4, -0.2) is 11.2 Å². The van der Waals surface area contributed by atoms with E-state index in [1.54, 1.807) is 12.4 Å². The highest BCUT2D eigenvalue weighted by Gasteiger charge is 2.17. The molecule has 1 aromatic heterocycles. The quantitative estimate of drug-likeness (QED) is 0.666. The summed E-state index contributed by atoms with van der Waals surface area (Å²) < 4.78 is 0. The lowest BCUT2D eigenvalue weighted by molar-refractivity contribution is 0.965. The van der Waals surface area contributed by atoms with Gasteiger partial charge in [-0.1, -0.05) is 60.7 Å². The van der Waals surface area contributed by atoms with Gasteiger partial charge in [0.05, 0.1) is 17.5 Å². The van der Waals surface area contributed by atoms with Crippen LogP contribution in [0.25, 0.3) is 0 Å². The maximum atomic E-state index is 9.60. The van der Waals surface area contributed by atoms with Gasteiger partial charge < -0.3 is 0 Å². The monoisotopic (exact) mass is 297 g/mol. The molecule has 3 nitrogen and oxygen atoms in total. The second-order valence-electron chi connectivity index (χ2n) is 5.05. The summed E-state index contributed by atoms with van der Waals surface area (Å²) in [5.41, 5.74) is 3.32. The van der Waals surface area contributed by atoms with Crippen LogP contribution in [0.15, 0.2) is 84.0 Å². The van der Waals surface area contributed by atoms with Gasteiger partial charge in [0.25, 0.3) is 0 Å². The average molecular weight is 297 g/mol. The summed E-state index contributed by atoms with van der Waals surface area (Å²) in [4.78, 5) is 8.93. The Bertz CT molecular complexity index is 834. The molecular formula is C20H15N3. The van der Waals surface area contributed by atoms with Gasteiger partial charge in [-0.2, -0.15) is 5.26 Å². The van der Waals surface area contributed by atoms with E-state index in [1.165, 1.54) is 0 Å². The van der Waals surface area contributed by atoms with Crippen LogP contribution in [0.2, 0.25) is 0 Å². The molecule has 1 unspecified atom stereocenters. The zero-order valence-corrected chi connectivity index (χ0v) is 12.5. The van der Waals surface area contributed by atoms with Crippen molar-refractivity contribution in [3.63, 3.8) is 0 Å². The standard InChI is InChI=1S/C20H15N3/c21-14-18(17-10-5-2-6-11-17)20-19(12-7-13-22-20)23-15-16-8-3-1-4-9-16/h1-13,15,18H. The second-order valence-corrected chi connectivity index (χ2v) is 5.05. The molecular weight excluding hydrogens is 282 g/mol. The fraction of sp³-hybridized carbons (Fsp3) is 0.0500. The number of pyridine rings is 1. The summed E-state index contributed by atoms with van der Waals surface area (Å²) in [7, 11) is 0.